The minimum atomic E-state index is -0.632. The van der Waals surface area contributed by atoms with Crippen LogP contribution in [0.3, 0.4) is 0 Å². The molecule has 1 aliphatic rings. The number of nitrogens with two attached hydrogens (primary N) is 1. The Labute approximate surface area is 248 Å². The third-order valence-electron chi connectivity index (χ3n) is 7.56. The first kappa shape index (κ1) is 31.4. The van der Waals surface area contributed by atoms with Crippen LogP contribution in [0.15, 0.2) is 104 Å². The summed E-state index contributed by atoms with van der Waals surface area (Å²) in [5, 5.41) is 0. The zero-order valence-electron chi connectivity index (χ0n) is 25.5. The van der Waals surface area contributed by atoms with E-state index in [-0.39, 0.29) is 7.21 Å². The lowest BCUT2D eigenvalue weighted by Gasteiger charge is -2.34. The summed E-state index contributed by atoms with van der Waals surface area (Å²) in [7, 11) is 0. The molecule has 0 amide bonds. The zero-order chi connectivity index (χ0) is 30.0. The van der Waals surface area contributed by atoms with Crippen molar-refractivity contribution in [3.05, 3.63) is 154 Å². The third kappa shape index (κ3) is 6.47. The van der Waals surface area contributed by atoms with Crippen LogP contribution in [0.4, 0.5) is 0 Å². The first-order chi connectivity index (χ1) is 20.0. The number of fused-ring (bicyclic) bond motifs is 6. The minimum Gasteiger partial charge on any atom is -0.326 e. The van der Waals surface area contributed by atoms with Crippen molar-refractivity contribution in [2.75, 3.05) is 0 Å². The van der Waals surface area contributed by atoms with Gasteiger partial charge in [-0.15, -0.1) is 6.58 Å². The molecule has 3 nitrogen and oxygen atoms in total. The lowest BCUT2D eigenvalue weighted by atomic mass is 9.68. The van der Waals surface area contributed by atoms with Crippen LogP contribution in [0.5, 0.6) is 0 Å². The molecule has 1 heterocycles. The molecule has 1 unspecified atom stereocenters. The Kier molecular flexibility index (Phi) is 11.1. The molecule has 1 atom stereocenters. The molecular formula is C38H46N2O. The average molecular weight is 547 g/mol. The quantitative estimate of drug-likeness (QED) is 0.206. The maximum Gasteiger partial charge on any atom is 0.153 e. The summed E-state index contributed by atoms with van der Waals surface area (Å²) >= 11 is 0. The number of benzene rings is 3. The number of ketones is 1. The van der Waals surface area contributed by atoms with Crippen LogP contribution >= 0.6 is 0 Å². The van der Waals surface area contributed by atoms with Crippen molar-refractivity contribution < 1.29 is 6.22 Å². The first-order valence-corrected chi connectivity index (χ1v) is 14.8. The number of pyridine rings is 1. The Hall–Kier alpha value is -4.08. The highest BCUT2D eigenvalue weighted by molar-refractivity contribution is 5.99. The monoisotopic (exact) mass is 546 g/mol. The molecule has 1 aliphatic carbocycles. The van der Waals surface area contributed by atoms with E-state index in [1.54, 1.807) is 19.2 Å². The largest absolute Gasteiger partial charge is 0.326 e. The van der Waals surface area contributed by atoms with Gasteiger partial charge in [0.1, 0.15) is 0 Å². The molecule has 0 fully saturated rings. The van der Waals surface area contributed by atoms with E-state index in [1.165, 1.54) is 11.1 Å². The van der Waals surface area contributed by atoms with Crippen molar-refractivity contribution in [3.63, 3.8) is 0 Å². The molecule has 0 saturated carbocycles. The first-order valence-electron chi connectivity index (χ1n) is 14.8. The lowest BCUT2D eigenvalue weighted by Crippen LogP contribution is -2.27. The Morgan fingerprint density at radius 1 is 0.951 bits per heavy atom. The van der Waals surface area contributed by atoms with Crippen LogP contribution in [-0.2, 0) is 29.6 Å². The molecule has 3 heteroatoms. The van der Waals surface area contributed by atoms with Gasteiger partial charge in [-0.25, -0.2) is 0 Å². The van der Waals surface area contributed by atoms with E-state index in [0.717, 1.165) is 57.4 Å². The molecule has 3 aromatic carbocycles. The number of rotatable bonds is 4. The predicted octanol–water partition coefficient (Wildman–Crippen LogP) is 8.79. The molecule has 2 N–H and O–H groups in total. The standard InChI is InChI=1S/C34H32N2O.2C2H6.H2/c1-4-34(31-9-6-16-36-22-31)29-15-13-28(21-35)26(19-29)12-11-25-7-5-8-27(18-25)33(17-24(3)37)32-20-30(34)14-10-23(32)2;2*1-2;/h4-10,13-20,22H,1,11-12,21,35H2,2-3H3;2*1-2H3;1H/b33-17-;;;. The molecule has 1 aromatic heterocycles. The smallest absolute Gasteiger partial charge is 0.153 e. The van der Waals surface area contributed by atoms with E-state index in [1.807, 2.05) is 46.0 Å². The second kappa shape index (κ2) is 14.5. The molecular weight excluding hydrogens is 500 g/mol. The van der Waals surface area contributed by atoms with Crippen LogP contribution in [0.1, 0.15) is 86.1 Å². The van der Waals surface area contributed by atoms with Gasteiger partial charge in [0, 0.05) is 20.4 Å². The summed E-state index contributed by atoms with van der Waals surface area (Å²) in [6.07, 6.45) is 9.24. The Bertz CT molecular complexity index is 1520. The van der Waals surface area contributed by atoms with Gasteiger partial charge in [0.2, 0.25) is 0 Å². The van der Waals surface area contributed by atoms with Crippen molar-refractivity contribution in [1.82, 2.24) is 4.98 Å². The van der Waals surface area contributed by atoms with Gasteiger partial charge in [0.05, 0.1) is 5.41 Å². The minimum absolute atomic E-state index is 0. The Morgan fingerprint density at radius 2 is 1.68 bits per heavy atom. The molecule has 0 spiro atoms. The van der Waals surface area contributed by atoms with Crippen LogP contribution in [0.25, 0.3) is 5.57 Å². The fourth-order valence-electron chi connectivity index (χ4n) is 5.60. The van der Waals surface area contributed by atoms with E-state index < -0.39 is 5.41 Å². The fourth-order valence-corrected chi connectivity index (χ4v) is 5.60. The van der Waals surface area contributed by atoms with Gasteiger partial charge in [-0.3, -0.25) is 9.78 Å². The van der Waals surface area contributed by atoms with Crippen molar-refractivity contribution in [2.45, 2.75) is 66.3 Å². The summed E-state index contributed by atoms with van der Waals surface area (Å²) in [5.74, 6) is 0.0241. The fraction of sp³-hybridized carbons (Fsp3) is 0.263. The zero-order valence-corrected chi connectivity index (χ0v) is 25.5. The molecule has 214 valence electrons. The lowest BCUT2D eigenvalue weighted by molar-refractivity contribution is -0.112. The Balaban J connectivity index is 0.00000118. The second-order valence-corrected chi connectivity index (χ2v) is 9.84. The second-order valence-electron chi connectivity index (χ2n) is 9.84. The predicted molar refractivity (Wildman–Crippen MR) is 176 cm³/mol. The molecule has 5 rings (SSSR count). The number of hydrogen-bond acceptors (Lipinski definition) is 3. The summed E-state index contributed by atoms with van der Waals surface area (Å²) in [6, 6.07) is 25.8. The van der Waals surface area contributed by atoms with Gasteiger partial charge in [0.15, 0.2) is 5.78 Å². The Morgan fingerprint density at radius 3 is 2.34 bits per heavy atom. The molecule has 4 aromatic rings. The number of nitrogens with zero attached hydrogens (tertiary/aromatic N) is 1. The number of carbonyl (C=O) groups is 1. The van der Waals surface area contributed by atoms with E-state index in [9.17, 15) is 4.79 Å². The van der Waals surface area contributed by atoms with Crippen LogP contribution in [-0.4, -0.2) is 10.8 Å². The van der Waals surface area contributed by atoms with E-state index in [4.69, 9.17) is 5.73 Å². The maximum atomic E-state index is 12.4. The van der Waals surface area contributed by atoms with Crippen molar-refractivity contribution in [3.8, 4) is 0 Å². The molecule has 0 aliphatic heterocycles. The van der Waals surface area contributed by atoms with Crippen molar-refractivity contribution in [2.24, 2.45) is 5.73 Å². The number of aryl methyl sites for hydroxylation is 3. The molecule has 0 radical (unpaired) electrons. The molecule has 0 saturated heterocycles. The topological polar surface area (TPSA) is 56.0 Å². The highest BCUT2D eigenvalue weighted by Crippen LogP contribution is 2.43. The number of hydrogen-bond donors (Lipinski definition) is 1. The summed E-state index contributed by atoms with van der Waals surface area (Å²) in [5.41, 5.74) is 16.5. The van der Waals surface area contributed by atoms with Gasteiger partial charge < -0.3 is 5.73 Å². The van der Waals surface area contributed by atoms with E-state index >= 15 is 0 Å². The summed E-state index contributed by atoms with van der Waals surface area (Å²) < 4.78 is 0. The van der Waals surface area contributed by atoms with Gasteiger partial charge in [0.25, 0.3) is 0 Å². The number of allylic oxidation sites excluding steroid dienone is 2. The molecule has 41 heavy (non-hydrogen) atoms. The van der Waals surface area contributed by atoms with Gasteiger partial charge in [-0.05, 0) is 101 Å². The van der Waals surface area contributed by atoms with Gasteiger partial charge in [-0.1, -0.05) is 94.4 Å². The average Bonchev–Trinajstić information content (AvgIpc) is 3.03. The maximum absolute atomic E-state index is 12.4. The van der Waals surface area contributed by atoms with Crippen molar-refractivity contribution in [1.29, 1.82) is 0 Å². The highest BCUT2D eigenvalue weighted by Gasteiger charge is 2.35. The van der Waals surface area contributed by atoms with Crippen LogP contribution in [0.2, 0.25) is 0 Å². The molecule has 6 bridgehead atoms. The van der Waals surface area contributed by atoms with E-state index in [2.05, 4.69) is 85.2 Å². The highest BCUT2D eigenvalue weighted by atomic mass is 16.1. The van der Waals surface area contributed by atoms with E-state index in [0.29, 0.717) is 6.54 Å². The summed E-state index contributed by atoms with van der Waals surface area (Å²) in [4.78, 5) is 16.9. The summed E-state index contributed by atoms with van der Waals surface area (Å²) in [6.45, 7) is 16.6. The number of aromatic nitrogens is 1. The SMILES string of the molecule is C=CC1(c2cccnc2)c2ccc(CN)c(c2)CCc2cccc(c2)/C(=C/C(C)=O)c2cc1ccc2C.CC.CC.[HH]. The van der Waals surface area contributed by atoms with Crippen LogP contribution < -0.4 is 5.73 Å². The third-order valence-corrected chi connectivity index (χ3v) is 7.56. The van der Waals surface area contributed by atoms with Gasteiger partial charge >= 0.3 is 0 Å². The normalized spacial score (nSPS) is 16.4. The van der Waals surface area contributed by atoms with Crippen LogP contribution in [0, 0.1) is 6.92 Å². The number of carbonyl (C=O) groups excluding carboxylic acids is 1. The van der Waals surface area contributed by atoms with Crippen molar-refractivity contribution >= 4 is 11.4 Å². The van der Waals surface area contributed by atoms with Gasteiger partial charge in [-0.2, -0.15) is 0 Å².